The number of piperazine rings is 1. The molecule has 1 aliphatic heterocycles. The monoisotopic (exact) mass is 295 g/mol. The minimum atomic E-state index is -0.755. The van der Waals surface area contributed by atoms with Gasteiger partial charge in [0.1, 0.15) is 5.54 Å². The molecule has 0 aromatic heterocycles. The highest BCUT2D eigenvalue weighted by Crippen LogP contribution is 2.50. The standard InChI is InChI=1S/C16H29N3O2/c1-4-21-13-11-16(17,15(13,2)3)14(20)19-9-7-18(8-10-19)12-5-6-12/h12-13H,4-11,17H2,1-3H3. The summed E-state index contributed by atoms with van der Waals surface area (Å²) in [6.45, 7) is 10.4. The summed E-state index contributed by atoms with van der Waals surface area (Å²) >= 11 is 0. The maximum absolute atomic E-state index is 12.9. The maximum Gasteiger partial charge on any atom is 0.243 e. The van der Waals surface area contributed by atoms with Gasteiger partial charge in [0.05, 0.1) is 6.10 Å². The summed E-state index contributed by atoms with van der Waals surface area (Å²) in [5.41, 5.74) is 5.46. The highest BCUT2D eigenvalue weighted by Gasteiger charge is 2.63. The van der Waals surface area contributed by atoms with E-state index >= 15 is 0 Å². The second kappa shape index (κ2) is 5.21. The lowest BCUT2D eigenvalue weighted by Gasteiger charge is -2.59. The lowest BCUT2D eigenvalue weighted by atomic mass is 9.54. The van der Waals surface area contributed by atoms with E-state index in [4.69, 9.17) is 10.5 Å². The van der Waals surface area contributed by atoms with Crippen molar-refractivity contribution < 1.29 is 9.53 Å². The number of hydrogen-bond donors (Lipinski definition) is 1. The topological polar surface area (TPSA) is 58.8 Å². The van der Waals surface area contributed by atoms with Crippen LogP contribution in [0.4, 0.5) is 0 Å². The quantitative estimate of drug-likeness (QED) is 0.834. The predicted octanol–water partition coefficient (Wildman–Crippen LogP) is 0.826. The highest BCUT2D eigenvalue weighted by molar-refractivity contribution is 5.89. The summed E-state index contributed by atoms with van der Waals surface area (Å²) in [4.78, 5) is 17.4. The Hall–Kier alpha value is -0.650. The molecule has 0 spiro atoms. The second-order valence-electron chi connectivity index (χ2n) is 7.40. The van der Waals surface area contributed by atoms with Crippen LogP contribution in [0.15, 0.2) is 0 Å². The summed E-state index contributed by atoms with van der Waals surface area (Å²) < 4.78 is 5.72. The van der Waals surface area contributed by atoms with E-state index in [2.05, 4.69) is 18.7 Å². The molecule has 0 aromatic rings. The number of ether oxygens (including phenoxy) is 1. The average Bonchev–Trinajstić information content (AvgIpc) is 3.31. The van der Waals surface area contributed by atoms with Crippen molar-refractivity contribution in [2.45, 2.75) is 57.7 Å². The molecule has 0 bridgehead atoms. The van der Waals surface area contributed by atoms with Crippen molar-refractivity contribution in [2.24, 2.45) is 11.1 Å². The fraction of sp³-hybridized carbons (Fsp3) is 0.938. The van der Waals surface area contributed by atoms with Gasteiger partial charge in [0.2, 0.25) is 5.91 Å². The summed E-state index contributed by atoms with van der Waals surface area (Å²) in [5.74, 6) is 0.124. The lowest BCUT2D eigenvalue weighted by Crippen LogP contribution is -2.76. The van der Waals surface area contributed by atoms with Crippen LogP contribution in [0.5, 0.6) is 0 Å². The van der Waals surface area contributed by atoms with Gasteiger partial charge in [-0.05, 0) is 19.8 Å². The minimum Gasteiger partial charge on any atom is -0.378 e. The molecule has 2 aliphatic carbocycles. The van der Waals surface area contributed by atoms with Crippen LogP contribution in [0, 0.1) is 5.41 Å². The fourth-order valence-electron chi connectivity index (χ4n) is 3.81. The van der Waals surface area contributed by atoms with E-state index in [1.54, 1.807) is 0 Å². The number of amides is 1. The molecule has 1 saturated heterocycles. The molecule has 120 valence electrons. The number of carbonyl (C=O) groups is 1. The zero-order chi connectivity index (χ0) is 15.3. The Morgan fingerprint density at radius 1 is 1.24 bits per heavy atom. The molecule has 21 heavy (non-hydrogen) atoms. The Kier molecular flexibility index (Phi) is 3.79. The molecule has 0 aromatic carbocycles. The lowest BCUT2D eigenvalue weighted by molar-refractivity contribution is -0.180. The molecule has 2 N–H and O–H groups in total. The fourth-order valence-corrected chi connectivity index (χ4v) is 3.81. The Morgan fingerprint density at radius 3 is 2.33 bits per heavy atom. The van der Waals surface area contributed by atoms with Crippen molar-refractivity contribution >= 4 is 5.91 Å². The summed E-state index contributed by atoms with van der Waals surface area (Å²) in [5, 5.41) is 0. The number of hydrogen-bond acceptors (Lipinski definition) is 4. The van der Waals surface area contributed by atoms with Crippen LogP contribution in [0.3, 0.4) is 0 Å². The van der Waals surface area contributed by atoms with Crippen LogP contribution in [0.25, 0.3) is 0 Å². The van der Waals surface area contributed by atoms with Gasteiger partial charge in [0, 0.05) is 50.7 Å². The Morgan fingerprint density at radius 2 is 1.86 bits per heavy atom. The average molecular weight is 295 g/mol. The third-order valence-corrected chi connectivity index (χ3v) is 5.88. The number of nitrogens with two attached hydrogens (primary N) is 1. The molecule has 2 atom stereocenters. The van der Waals surface area contributed by atoms with E-state index in [1.807, 2.05) is 11.8 Å². The molecule has 3 fully saturated rings. The molecular formula is C16H29N3O2. The van der Waals surface area contributed by atoms with Crippen LogP contribution in [0.1, 0.15) is 40.0 Å². The Labute approximate surface area is 127 Å². The van der Waals surface area contributed by atoms with Gasteiger partial charge in [-0.15, -0.1) is 0 Å². The van der Waals surface area contributed by atoms with Gasteiger partial charge < -0.3 is 15.4 Å². The molecule has 3 aliphatic rings. The van der Waals surface area contributed by atoms with Gasteiger partial charge in [-0.25, -0.2) is 0 Å². The first kappa shape index (κ1) is 15.3. The first-order valence-corrected chi connectivity index (χ1v) is 8.34. The van der Waals surface area contributed by atoms with Crippen molar-refractivity contribution in [2.75, 3.05) is 32.8 Å². The summed E-state index contributed by atoms with van der Waals surface area (Å²) in [7, 11) is 0. The van der Waals surface area contributed by atoms with Gasteiger partial charge in [0.15, 0.2) is 0 Å². The smallest absolute Gasteiger partial charge is 0.243 e. The van der Waals surface area contributed by atoms with Crippen molar-refractivity contribution in [1.82, 2.24) is 9.80 Å². The van der Waals surface area contributed by atoms with Gasteiger partial charge >= 0.3 is 0 Å². The molecule has 5 heteroatoms. The van der Waals surface area contributed by atoms with Crippen molar-refractivity contribution in [3.63, 3.8) is 0 Å². The zero-order valence-corrected chi connectivity index (χ0v) is 13.6. The van der Waals surface area contributed by atoms with E-state index in [9.17, 15) is 4.79 Å². The predicted molar refractivity (Wildman–Crippen MR) is 81.9 cm³/mol. The Balaban J connectivity index is 1.60. The van der Waals surface area contributed by atoms with Gasteiger partial charge in [-0.2, -0.15) is 0 Å². The third kappa shape index (κ3) is 2.39. The van der Waals surface area contributed by atoms with E-state index in [-0.39, 0.29) is 17.4 Å². The number of nitrogens with zero attached hydrogens (tertiary/aromatic N) is 2. The summed E-state index contributed by atoms with van der Waals surface area (Å²) in [6, 6.07) is 0.788. The molecule has 2 unspecified atom stereocenters. The molecule has 3 rings (SSSR count). The largest absolute Gasteiger partial charge is 0.378 e. The molecular weight excluding hydrogens is 266 g/mol. The van der Waals surface area contributed by atoms with Gasteiger partial charge in [-0.1, -0.05) is 13.8 Å². The number of carbonyl (C=O) groups excluding carboxylic acids is 1. The van der Waals surface area contributed by atoms with E-state index in [0.717, 1.165) is 32.2 Å². The van der Waals surface area contributed by atoms with Crippen LogP contribution in [-0.4, -0.2) is 66.2 Å². The van der Waals surface area contributed by atoms with E-state index in [0.29, 0.717) is 13.0 Å². The normalized spacial score (nSPS) is 36.4. The molecule has 0 radical (unpaired) electrons. The number of rotatable bonds is 4. The van der Waals surface area contributed by atoms with Gasteiger partial charge in [0.25, 0.3) is 0 Å². The zero-order valence-electron chi connectivity index (χ0n) is 13.6. The van der Waals surface area contributed by atoms with Crippen LogP contribution < -0.4 is 5.73 Å². The SMILES string of the molecule is CCOC1CC(N)(C(=O)N2CCN(C3CC3)CC2)C1(C)C. The van der Waals surface area contributed by atoms with Crippen molar-refractivity contribution in [3.8, 4) is 0 Å². The first-order valence-electron chi connectivity index (χ1n) is 8.34. The molecule has 5 nitrogen and oxygen atoms in total. The van der Waals surface area contributed by atoms with Crippen LogP contribution in [0.2, 0.25) is 0 Å². The highest BCUT2D eigenvalue weighted by atomic mass is 16.5. The van der Waals surface area contributed by atoms with Crippen LogP contribution in [-0.2, 0) is 9.53 Å². The summed E-state index contributed by atoms with van der Waals surface area (Å²) in [6.07, 6.45) is 3.41. The van der Waals surface area contributed by atoms with Crippen LogP contribution >= 0.6 is 0 Å². The Bertz CT molecular complexity index is 414. The molecule has 1 amide bonds. The first-order chi connectivity index (χ1) is 9.90. The third-order valence-electron chi connectivity index (χ3n) is 5.88. The van der Waals surface area contributed by atoms with E-state index in [1.165, 1.54) is 12.8 Å². The van der Waals surface area contributed by atoms with Crippen molar-refractivity contribution in [1.29, 1.82) is 0 Å². The second-order valence-corrected chi connectivity index (χ2v) is 7.40. The molecule has 2 saturated carbocycles. The minimum absolute atomic E-state index is 0.101. The maximum atomic E-state index is 12.9. The molecule has 1 heterocycles. The van der Waals surface area contributed by atoms with E-state index < -0.39 is 5.54 Å². The van der Waals surface area contributed by atoms with Crippen molar-refractivity contribution in [3.05, 3.63) is 0 Å². The van der Waals surface area contributed by atoms with Gasteiger partial charge in [-0.3, -0.25) is 9.69 Å².